The van der Waals surface area contributed by atoms with Crippen LogP contribution in [0.2, 0.25) is 0 Å². The molecule has 0 aromatic carbocycles. The number of halogens is 1. The van der Waals surface area contributed by atoms with E-state index in [2.05, 4.69) is 15.9 Å². The molecule has 0 saturated carbocycles. The van der Waals surface area contributed by atoms with Gasteiger partial charge >= 0.3 is 5.97 Å². The molecular formula is C21H41BrO2. The Bertz CT molecular complexity index is 256. The Labute approximate surface area is 159 Å². The summed E-state index contributed by atoms with van der Waals surface area (Å²) in [4.78, 5) is 10.4. The molecule has 0 atom stereocenters. The monoisotopic (exact) mass is 404 g/mol. The van der Waals surface area contributed by atoms with E-state index in [4.69, 9.17) is 5.11 Å². The number of alkyl halides is 1. The Hall–Kier alpha value is -0.0500. The zero-order chi connectivity index (χ0) is 17.7. The van der Waals surface area contributed by atoms with Gasteiger partial charge in [0.15, 0.2) is 0 Å². The molecule has 0 aliphatic heterocycles. The van der Waals surface area contributed by atoms with Crippen LogP contribution in [-0.4, -0.2) is 16.4 Å². The van der Waals surface area contributed by atoms with Gasteiger partial charge in [-0.25, -0.2) is 0 Å². The summed E-state index contributed by atoms with van der Waals surface area (Å²) in [6.07, 6.45) is 24.5. The van der Waals surface area contributed by atoms with Crippen molar-refractivity contribution in [2.45, 2.75) is 122 Å². The van der Waals surface area contributed by atoms with Gasteiger partial charge in [-0.3, -0.25) is 4.79 Å². The summed E-state index contributed by atoms with van der Waals surface area (Å²) < 4.78 is 0. The van der Waals surface area contributed by atoms with Crippen LogP contribution in [0.1, 0.15) is 122 Å². The number of aliphatic carboxylic acids is 1. The molecular weight excluding hydrogens is 364 g/mol. The van der Waals surface area contributed by atoms with Crippen molar-refractivity contribution in [3.8, 4) is 0 Å². The second-order valence-electron chi connectivity index (χ2n) is 7.20. The SMILES string of the molecule is O=C(O)CCCCCCCCCCCCCCCCCCCCBr. The predicted molar refractivity (Wildman–Crippen MR) is 109 cm³/mol. The van der Waals surface area contributed by atoms with E-state index in [9.17, 15) is 4.79 Å². The summed E-state index contributed by atoms with van der Waals surface area (Å²) >= 11 is 3.49. The fourth-order valence-electron chi connectivity index (χ4n) is 3.20. The van der Waals surface area contributed by atoms with Crippen molar-refractivity contribution in [1.29, 1.82) is 0 Å². The van der Waals surface area contributed by atoms with Gasteiger partial charge in [0, 0.05) is 11.8 Å². The van der Waals surface area contributed by atoms with Gasteiger partial charge < -0.3 is 5.11 Å². The van der Waals surface area contributed by atoms with E-state index in [1.807, 2.05) is 0 Å². The van der Waals surface area contributed by atoms with Gasteiger partial charge in [0.25, 0.3) is 0 Å². The number of carbonyl (C=O) groups is 1. The summed E-state index contributed by atoms with van der Waals surface area (Å²) in [6, 6.07) is 0. The second kappa shape index (κ2) is 21.0. The molecule has 1 N–H and O–H groups in total. The van der Waals surface area contributed by atoms with Gasteiger partial charge in [0.2, 0.25) is 0 Å². The van der Waals surface area contributed by atoms with Gasteiger partial charge in [-0.1, -0.05) is 119 Å². The van der Waals surface area contributed by atoms with Crippen LogP contribution in [0.3, 0.4) is 0 Å². The maximum absolute atomic E-state index is 10.4. The fourth-order valence-corrected chi connectivity index (χ4v) is 3.60. The molecule has 0 saturated heterocycles. The zero-order valence-electron chi connectivity index (χ0n) is 15.9. The molecule has 0 unspecified atom stereocenters. The quantitative estimate of drug-likeness (QED) is 0.165. The highest BCUT2D eigenvalue weighted by atomic mass is 79.9. The first-order valence-corrected chi connectivity index (χ1v) is 11.7. The van der Waals surface area contributed by atoms with Crippen molar-refractivity contribution in [2.24, 2.45) is 0 Å². The van der Waals surface area contributed by atoms with Gasteiger partial charge in [-0.15, -0.1) is 0 Å². The minimum atomic E-state index is -0.652. The third-order valence-corrected chi connectivity index (χ3v) is 5.34. The van der Waals surface area contributed by atoms with Crippen molar-refractivity contribution < 1.29 is 9.90 Å². The van der Waals surface area contributed by atoms with Crippen molar-refractivity contribution >= 4 is 21.9 Å². The van der Waals surface area contributed by atoms with Gasteiger partial charge in [0.05, 0.1) is 0 Å². The van der Waals surface area contributed by atoms with Crippen molar-refractivity contribution in [2.75, 3.05) is 5.33 Å². The predicted octanol–water partition coefficient (Wildman–Crippen LogP) is 7.88. The van der Waals surface area contributed by atoms with Crippen molar-refractivity contribution in [3.63, 3.8) is 0 Å². The molecule has 0 aromatic heterocycles. The van der Waals surface area contributed by atoms with E-state index in [0.717, 1.165) is 12.8 Å². The smallest absolute Gasteiger partial charge is 0.303 e. The first-order chi connectivity index (χ1) is 11.8. The number of unbranched alkanes of at least 4 members (excludes halogenated alkanes) is 17. The van der Waals surface area contributed by atoms with Crippen LogP contribution in [0.4, 0.5) is 0 Å². The fraction of sp³-hybridized carbons (Fsp3) is 0.952. The molecule has 0 aliphatic rings. The number of hydrogen-bond donors (Lipinski definition) is 1. The molecule has 0 amide bonds. The molecule has 0 fully saturated rings. The minimum Gasteiger partial charge on any atom is -0.481 e. The maximum atomic E-state index is 10.4. The van der Waals surface area contributed by atoms with Crippen molar-refractivity contribution in [1.82, 2.24) is 0 Å². The summed E-state index contributed by atoms with van der Waals surface area (Å²) in [6.45, 7) is 0. The van der Waals surface area contributed by atoms with E-state index in [0.29, 0.717) is 6.42 Å². The highest BCUT2D eigenvalue weighted by Gasteiger charge is 1.97. The molecule has 0 radical (unpaired) electrons. The average molecular weight is 405 g/mol. The molecule has 0 spiro atoms. The maximum Gasteiger partial charge on any atom is 0.303 e. The molecule has 3 heteroatoms. The van der Waals surface area contributed by atoms with Crippen LogP contribution in [0.5, 0.6) is 0 Å². The van der Waals surface area contributed by atoms with Crippen LogP contribution in [0, 0.1) is 0 Å². The Morgan fingerprint density at radius 3 is 1.00 bits per heavy atom. The molecule has 144 valence electrons. The summed E-state index contributed by atoms with van der Waals surface area (Å²) in [7, 11) is 0. The van der Waals surface area contributed by atoms with E-state index in [1.165, 1.54) is 108 Å². The van der Waals surface area contributed by atoms with E-state index >= 15 is 0 Å². The number of rotatable bonds is 20. The lowest BCUT2D eigenvalue weighted by Crippen LogP contribution is -1.93. The Morgan fingerprint density at radius 1 is 0.500 bits per heavy atom. The van der Waals surface area contributed by atoms with Crippen molar-refractivity contribution in [3.05, 3.63) is 0 Å². The van der Waals surface area contributed by atoms with Crippen LogP contribution in [-0.2, 0) is 4.79 Å². The highest BCUT2D eigenvalue weighted by molar-refractivity contribution is 9.09. The van der Waals surface area contributed by atoms with Gasteiger partial charge in [-0.05, 0) is 12.8 Å². The lowest BCUT2D eigenvalue weighted by atomic mass is 10.0. The van der Waals surface area contributed by atoms with Gasteiger partial charge in [-0.2, -0.15) is 0 Å². The minimum absolute atomic E-state index is 0.344. The first kappa shape index (κ1) is 23.9. The molecule has 0 bridgehead atoms. The number of carboxylic acids is 1. The summed E-state index contributed by atoms with van der Waals surface area (Å²) in [5, 5.41) is 9.72. The third-order valence-electron chi connectivity index (χ3n) is 4.77. The van der Waals surface area contributed by atoms with E-state index in [-0.39, 0.29) is 0 Å². The van der Waals surface area contributed by atoms with E-state index in [1.54, 1.807) is 0 Å². The van der Waals surface area contributed by atoms with Gasteiger partial charge in [0.1, 0.15) is 0 Å². The number of carboxylic acid groups (broad SMARTS) is 1. The highest BCUT2D eigenvalue weighted by Crippen LogP contribution is 2.14. The standard InChI is InChI=1S/C21H41BrO2/c22-20-18-16-14-12-10-8-6-4-2-1-3-5-7-9-11-13-15-17-19-21(23)24/h1-20H2,(H,23,24). The van der Waals surface area contributed by atoms with Crippen LogP contribution >= 0.6 is 15.9 Å². The second-order valence-corrected chi connectivity index (χ2v) is 7.99. The number of hydrogen-bond acceptors (Lipinski definition) is 1. The zero-order valence-corrected chi connectivity index (χ0v) is 17.5. The first-order valence-electron chi connectivity index (χ1n) is 10.5. The Kier molecular flexibility index (Phi) is 20.9. The molecule has 0 aliphatic carbocycles. The Balaban J connectivity index is 2.97. The topological polar surface area (TPSA) is 37.3 Å². The third kappa shape index (κ3) is 21.9. The molecule has 2 nitrogen and oxygen atoms in total. The lowest BCUT2D eigenvalue weighted by Gasteiger charge is -2.03. The van der Waals surface area contributed by atoms with Crippen LogP contribution in [0.25, 0.3) is 0 Å². The normalized spacial score (nSPS) is 11.0. The summed E-state index contributed by atoms with van der Waals surface area (Å²) in [5.41, 5.74) is 0. The van der Waals surface area contributed by atoms with Crippen LogP contribution < -0.4 is 0 Å². The molecule has 24 heavy (non-hydrogen) atoms. The van der Waals surface area contributed by atoms with E-state index < -0.39 is 5.97 Å². The average Bonchev–Trinajstić information content (AvgIpc) is 2.56. The molecule has 0 aromatic rings. The largest absolute Gasteiger partial charge is 0.481 e. The van der Waals surface area contributed by atoms with Crippen LogP contribution in [0.15, 0.2) is 0 Å². The summed E-state index contributed by atoms with van der Waals surface area (Å²) in [5.74, 6) is -0.652. The molecule has 0 heterocycles. The Morgan fingerprint density at radius 2 is 0.750 bits per heavy atom. The lowest BCUT2D eigenvalue weighted by molar-refractivity contribution is -0.137. The molecule has 0 rings (SSSR count).